The third kappa shape index (κ3) is 4.00. The van der Waals surface area contributed by atoms with E-state index in [1.54, 1.807) is 4.90 Å². The molecule has 5 heteroatoms. The molecule has 1 saturated heterocycles. The van der Waals surface area contributed by atoms with Gasteiger partial charge >= 0.3 is 5.97 Å². The molecule has 1 rings (SSSR count). The second-order valence-electron chi connectivity index (χ2n) is 5.94. The normalized spacial score (nSPS) is 18.7. The van der Waals surface area contributed by atoms with Gasteiger partial charge in [0.1, 0.15) is 0 Å². The summed E-state index contributed by atoms with van der Waals surface area (Å²) in [6, 6.07) is -0.159. The number of nitrogens with zero attached hydrogens (tertiary/aromatic N) is 1. The first-order valence-corrected chi connectivity index (χ1v) is 5.95. The lowest BCUT2D eigenvalue weighted by Crippen LogP contribution is -2.52. The molecule has 0 aliphatic carbocycles. The van der Waals surface area contributed by atoms with Gasteiger partial charge in [-0.2, -0.15) is 0 Å². The summed E-state index contributed by atoms with van der Waals surface area (Å²) in [6.07, 6.45) is 0.485. The van der Waals surface area contributed by atoms with Gasteiger partial charge in [0.25, 0.3) is 0 Å². The van der Waals surface area contributed by atoms with E-state index < -0.39 is 5.97 Å². The molecule has 0 aromatic heterocycles. The fraction of sp³-hybridized carbons (Fsp3) is 0.833. The molecule has 1 fully saturated rings. The van der Waals surface area contributed by atoms with Gasteiger partial charge in [-0.15, -0.1) is 0 Å². The largest absolute Gasteiger partial charge is 0.481 e. The van der Waals surface area contributed by atoms with Gasteiger partial charge in [0.2, 0.25) is 5.91 Å². The van der Waals surface area contributed by atoms with E-state index in [1.807, 2.05) is 20.8 Å². The summed E-state index contributed by atoms with van der Waals surface area (Å²) in [4.78, 5) is 24.0. The van der Waals surface area contributed by atoms with E-state index in [2.05, 4.69) is 0 Å². The Morgan fingerprint density at radius 2 is 1.94 bits per heavy atom. The van der Waals surface area contributed by atoms with Gasteiger partial charge < -0.3 is 15.7 Å². The van der Waals surface area contributed by atoms with Gasteiger partial charge in [0, 0.05) is 31.5 Å². The number of aliphatic carboxylic acids is 1. The minimum atomic E-state index is -0.798. The number of rotatable bonds is 4. The van der Waals surface area contributed by atoms with Crippen molar-refractivity contribution in [3.8, 4) is 0 Å². The summed E-state index contributed by atoms with van der Waals surface area (Å²) in [5, 5.41) is 8.60. The molecule has 0 radical (unpaired) electrons. The van der Waals surface area contributed by atoms with Crippen LogP contribution in [-0.4, -0.2) is 41.0 Å². The zero-order valence-corrected chi connectivity index (χ0v) is 10.8. The average Bonchev–Trinajstić information content (AvgIpc) is 2.08. The van der Waals surface area contributed by atoms with E-state index in [4.69, 9.17) is 10.8 Å². The number of amides is 1. The minimum absolute atomic E-state index is 0.0362. The highest BCUT2D eigenvalue weighted by molar-refractivity contribution is 5.78. The highest BCUT2D eigenvalue weighted by Gasteiger charge is 2.33. The number of hydrogen-bond donors (Lipinski definition) is 2. The molecule has 0 aromatic carbocycles. The molecule has 0 spiro atoms. The van der Waals surface area contributed by atoms with E-state index >= 15 is 0 Å². The van der Waals surface area contributed by atoms with Crippen LogP contribution in [0.1, 0.15) is 33.6 Å². The van der Waals surface area contributed by atoms with Crippen LogP contribution in [0.5, 0.6) is 0 Å². The number of carbonyl (C=O) groups excluding carboxylic acids is 1. The van der Waals surface area contributed by atoms with E-state index in [0.717, 1.165) is 0 Å². The molecule has 1 aliphatic heterocycles. The maximum atomic E-state index is 11.8. The summed E-state index contributed by atoms with van der Waals surface area (Å²) >= 11 is 0. The predicted molar refractivity (Wildman–Crippen MR) is 64.4 cm³/mol. The fourth-order valence-corrected chi connectivity index (χ4v) is 1.77. The zero-order chi connectivity index (χ0) is 13.2. The van der Waals surface area contributed by atoms with Crippen molar-refractivity contribution in [3.05, 3.63) is 0 Å². The third-order valence-electron chi connectivity index (χ3n) is 3.28. The van der Waals surface area contributed by atoms with Crippen LogP contribution in [0.4, 0.5) is 0 Å². The molecule has 5 nitrogen and oxygen atoms in total. The van der Waals surface area contributed by atoms with E-state index in [0.29, 0.717) is 19.5 Å². The molecule has 1 aliphatic rings. The number of carboxylic acid groups (broad SMARTS) is 1. The standard InChI is InChI=1S/C12H22N2O3/c1-12(2,3)9(13)5-10(15)14-6-8(7-14)4-11(16)17/h8-9H,4-7,13H2,1-3H3,(H,16,17). The first kappa shape index (κ1) is 14.0. The lowest BCUT2D eigenvalue weighted by atomic mass is 9.84. The van der Waals surface area contributed by atoms with Crippen LogP contribution >= 0.6 is 0 Å². The van der Waals surface area contributed by atoms with Crippen molar-refractivity contribution in [2.45, 2.75) is 39.7 Å². The smallest absolute Gasteiger partial charge is 0.303 e. The number of hydrogen-bond acceptors (Lipinski definition) is 3. The van der Waals surface area contributed by atoms with E-state index in [1.165, 1.54) is 0 Å². The van der Waals surface area contributed by atoms with Gasteiger partial charge in [0.05, 0.1) is 6.42 Å². The SMILES string of the molecule is CC(C)(C)C(N)CC(=O)N1CC(CC(=O)O)C1. The summed E-state index contributed by atoms with van der Waals surface area (Å²) in [5.74, 6) is -0.648. The van der Waals surface area contributed by atoms with Crippen LogP contribution < -0.4 is 5.73 Å². The third-order valence-corrected chi connectivity index (χ3v) is 3.28. The summed E-state index contributed by atoms with van der Waals surface area (Å²) < 4.78 is 0. The molecule has 98 valence electrons. The first-order chi connectivity index (χ1) is 7.70. The Bertz CT molecular complexity index is 303. The van der Waals surface area contributed by atoms with Gasteiger partial charge in [-0.1, -0.05) is 20.8 Å². The van der Waals surface area contributed by atoms with Crippen LogP contribution in [-0.2, 0) is 9.59 Å². The van der Waals surface area contributed by atoms with Gasteiger partial charge in [0.15, 0.2) is 0 Å². The number of nitrogens with two attached hydrogens (primary N) is 1. The molecule has 0 saturated carbocycles. The maximum absolute atomic E-state index is 11.8. The Morgan fingerprint density at radius 3 is 2.35 bits per heavy atom. The molecule has 0 aromatic rings. The summed E-state index contributed by atoms with van der Waals surface area (Å²) in [7, 11) is 0. The first-order valence-electron chi connectivity index (χ1n) is 5.95. The predicted octanol–water partition coefficient (Wildman–Crippen LogP) is 0.683. The molecule has 0 bridgehead atoms. The van der Waals surface area contributed by atoms with Gasteiger partial charge in [-0.05, 0) is 5.41 Å². The molecular weight excluding hydrogens is 220 g/mol. The molecule has 1 unspecified atom stereocenters. The van der Waals surface area contributed by atoms with E-state index in [-0.39, 0.29) is 29.7 Å². The van der Waals surface area contributed by atoms with Crippen molar-refractivity contribution in [3.63, 3.8) is 0 Å². The van der Waals surface area contributed by atoms with Crippen molar-refractivity contribution >= 4 is 11.9 Å². The zero-order valence-electron chi connectivity index (χ0n) is 10.8. The monoisotopic (exact) mass is 242 g/mol. The van der Waals surface area contributed by atoms with Gasteiger partial charge in [-0.3, -0.25) is 9.59 Å². The summed E-state index contributed by atoms with van der Waals surface area (Å²) in [6.45, 7) is 7.14. The lowest BCUT2D eigenvalue weighted by molar-refractivity contribution is -0.145. The van der Waals surface area contributed by atoms with Crippen LogP contribution in [0.3, 0.4) is 0 Å². The summed E-state index contributed by atoms with van der Waals surface area (Å²) in [5.41, 5.74) is 5.86. The van der Waals surface area contributed by atoms with Crippen molar-refractivity contribution < 1.29 is 14.7 Å². The Labute approximate surface area is 102 Å². The average molecular weight is 242 g/mol. The number of carbonyl (C=O) groups is 2. The topological polar surface area (TPSA) is 83.6 Å². The quantitative estimate of drug-likeness (QED) is 0.759. The molecule has 1 heterocycles. The van der Waals surface area contributed by atoms with Crippen LogP contribution in [0.15, 0.2) is 0 Å². The highest BCUT2D eigenvalue weighted by Crippen LogP contribution is 2.24. The number of carboxylic acids is 1. The van der Waals surface area contributed by atoms with Crippen molar-refractivity contribution in [1.29, 1.82) is 0 Å². The van der Waals surface area contributed by atoms with Crippen molar-refractivity contribution in [2.75, 3.05) is 13.1 Å². The minimum Gasteiger partial charge on any atom is -0.481 e. The van der Waals surface area contributed by atoms with E-state index in [9.17, 15) is 9.59 Å². The van der Waals surface area contributed by atoms with Crippen LogP contribution in [0, 0.1) is 11.3 Å². The fourth-order valence-electron chi connectivity index (χ4n) is 1.77. The molecule has 1 atom stereocenters. The molecule has 1 amide bonds. The Kier molecular flexibility index (Phi) is 4.14. The van der Waals surface area contributed by atoms with Crippen molar-refractivity contribution in [1.82, 2.24) is 4.90 Å². The molecule has 17 heavy (non-hydrogen) atoms. The maximum Gasteiger partial charge on any atom is 0.303 e. The second kappa shape index (κ2) is 5.04. The highest BCUT2D eigenvalue weighted by atomic mass is 16.4. The molecule has 3 N–H and O–H groups in total. The Balaban J connectivity index is 2.31. The van der Waals surface area contributed by atoms with Crippen LogP contribution in [0.2, 0.25) is 0 Å². The number of likely N-dealkylation sites (tertiary alicyclic amines) is 1. The molecular formula is C12H22N2O3. The van der Waals surface area contributed by atoms with Gasteiger partial charge in [-0.25, -0.2) is 0 Å². The second-order valence-corrected chi connectivity index (χ2v) is 5.94. The Hall–Kier alpha value is -1.10. The Morgan fingerprint density at radius 1 is 1.41 bits per heavy atom. The van der Waals surface area contributed by atoms with Crippen molar-refractivity contribution in [2.24, 2.45) is 17.1 Å². The van der Waals surface area contributed by atoms with Crippen LogP contribution in [0.25, 0.3) is 0 Å². The lowest BCUT2D eigenvalue weighted by Gasteiger charge is -2.40.